The number of para-hydroxylation sites is 1. The molecule has 1 unspecified atom stereocenters. The van der Waals surface area contributed by atoms with Gasteiger partial charge in [-0.05, 0) is 24.1 Å². The lowest BCUT2D eigenvalue weighted by Crippen LogP contribution is -2.10. The molecular weight excluding hydrogens is 490 g/mol. The summed E-state index contributed by atoms with van der Waals surface area (Å²) in [5.41, 5.74) is 8.20. The number of rotatable bonds is 5. The van der Waals surface area contributed by atoms with Crippen molar-refractivity contribution in [2.45, 2.75) is 25.4 Å². The standard InChI is InChI=1S/C24H17F4N9/c1-2-15(14-10-34-36(11-14)18-6-4-3-5-17(18)25)20-16(7-29)19(21-22(30)33-12-35-37(20)21)13-8-31-23(32-9-13)24(26,27)28/h3-6,8-12,15H,2H2,1H3,(H2,30,33,35). The third kappa shape index (κ3) is 4.02. The number of hydrogen-bond acceptors (Lipinski definition) is 7. The fourth-order valence-corrected chi connectivity index (χ4v) is 4.33. The van der Waals surface area contributed by atoms with E-state index in [9.17, 15) is 22.8 Å². The molecule has 5 rings (SSSR count). The summed E-state index contributed by atoms with van der Waals surface area (Å²) in [7, 11) is 0. The zero-order valence-electron chi connectivity index (χ0n) is 19.1. The minimum Gasteiger partial charge on any atom is -0.382 e. The summed E-state index contributed by atoms with van der Waals surface area (Å²) in [6.45, 7) is 1.89. The number of halogens is 4. The average molecular weight is 507 g/mol. The first-order valence-corrected chi connectivity index (χ1v) is 11.0. The first-order valence-electron chi connectivity index (χ1n) is 11.0. The van der Waals surface area contributed by atoms with E-state index in [2.05, 4.69) is 31.2 Å². The van der Waals surface area contributed by atoms with Crippen molar-refractivity contribution in [2.24, 2.45) is 0 Å². The molecule has 0 amide bonds. The van der Waals surface area contributed by atoms with Gasteiger partial charge in [0.15, 0.2) is 5.82 Å². The van der Waals surface area contributed by atoms with E-state index >= 15 is 0 Å². The van der Waals surface area contributed by atoms with Crippen LogP contribution >= 0.6 is 0 Å². The van der Waals surface area contributed by atoms with Gasteiger partial charge >= 0.3 is 6.18 Å². The predicted molar refractivity (Wildman–Crippen MR) is 124 cm³/mol. The van der Waals surface area contributed by atoms with E-state index in [4.69, 9.17) is 5.73 Å². The molecule has 186 valence electrons. The summed E-state index contributed by atoms with van der Waals surface area (Å²) >= 11 is 0. The van der Waals surface area contributed by atoms with Crippen LogP contribution in [0, 0.1) is 17.1 Å². The minimum absolute atomic E-state index is 0.0181. The third-order valence-corrected chi connectivity index (χ3v) is 5.94. The highest BCUT2D eigenvalue weighted by atomic mass is 19.4. The van der Waals surface area contributed by atoms with E-state index in [0.29, 0.717) is 17.7 Å². The quantitative estimate of drug-likeness (QED) is 0.347. The largest absolute Gasteiger partial charge is 0.451 e. The Morgan fingerprint density at radius 2 is 1.81 bits per heavy atom. The molecular formula is C24H17F4N9. The van der Waals surface area contributed by atoms with Gasteiger partial charge in [-0.2, -0.15) is 28.6 Å². The number of nitriles is 1. The van der Waals surface area contributed by atoms with E-state index in [1.54, 1.807) is 30.6 Å². The van der Waals surface area contributed by atoms with Crippen LogP contribution in [0.1, 0.15) is 41.9 Å². The second-order valence-corrected chi connectivity index (χ2v) is 8.08. The number of hydrogen-bond donors (Lipinski definition) is 1. The van der Waals surface area contributed by atoms with E-state index in [1.807, 2.05) is 6.92 Å². The predicted octanol–water partition coefficient (Wildman–Crippen LogP) is 4.53. The number of anilines is 1. The van der Waals surface area contributed by atoms with Crippen LogP contribution in [0.15, 0.2) is 55.4 Å². The highest BCUT2D eigenvalue weighted by Gasteiger charge is 2.35. The fraction of sp³-hybridized carbons (Fsp3) is 0.167. The van der Waals surface area contributed by atoms with Crippen LogP contribution in [0.3, 0.4) is 0 Å². The highest BCUT2D eigenvalue weighted by molar-refractivity contribution is 5.92. The SMILES string of the molecule is CCC(c1cnn(-c2ccccc2F)c1)c1c(C#N)c(-c2cnc(C(F)(F)F)nc2)c2c(N)ncnn12. The fourth-order valence-electron chi connectivity index (χ4n) is 4.33. The first-order chi connectivity index (χ1) is 17.7. The van der Waals surface area contributed by atoms with Gasteiger partial charge in [0.25, 0.3) is 0 Å². The van der Waals surface area contributed by atoms with Gasteiger partial charge in [0.05, 0.1) is 17.5 Å². The minimum atomic E-state index is -4.72. The lowest BCUT2D eigenvalue weighted by Gasteiger charge is -2.14. The number of nitrogen functional groups attached to an aromatic ring is 1. The van der Waals surface area contributed by atoms with Crippen LogP contribution in [0.4, 0.5) is 23.4 Å². The van der Waals surface area contributed by atoms with Crippen molar-refractivity contribution in [1.82, 2.24) is 34.3 Å². The lowest BCUT2D eigenvalue weighted by molar-refractivity contribution is -0.144. The van der Waals surface area contributed by atoms with E-state index < -0.39 is 23.7 Å². The van der Waals surface area contributed by atoms with E-state index in [0.717, 1.165) is 12.4 Å². The Bertz CT molecular complexity index is 1650. The van der Waals surface area contributed by atoms with Crippen LogP contribution in [0.25, 0.3) is 22.3 Å². The molecule has 0 fully saturated rings. The molecule has 13 heteroatoms. The molecule has 4 aromatic heterocycles. The Morgan fingerprint density at radius 3 is 2.46 bits per heavy atom. The molecule has 4 heterocycles. The van der Waals surface area contributed by atoms with Gasteiger partial charge in [-0.15, -0.1) is 0 Å². The van der Waals surface area contributed by atoms with Crippen molar-refractivity contribution in [3.05, 3.63) is 83.8 Å². The first kappa shape index (κ1) is 23.9. The molecule has 0 saturated carbocycles. The summed E-state index contributed by atoms with van der Waals surface area (Å²) in [4.78, 5) is 10.9. The number of nitrogens with two attached hydrogens (primary N) is 1. The number of alkyl halides is 3. The van der Waals surface area contributed by atoms with Crippen LogP contribution in [0.2, 0.25) is 0 Å². The molecule has 9 nitrogen and oxygen atoms in total. The Hall–Kier alpha value is -4.86. The van der Waals surface area contributed by atoms with Gasteiger partial charge in [0.1, 0.15) is 29.4 Å². The maximum absolute atomic E-state index is 14.3. The number of nitrogens with zero attached hydrogens (tertiary/aromatic N) is 8. The molecule has 1 atom stereocenters. The van der Waals surface area contributed by atoms with Crippen molar-refractivity contribution >= 4 is 11.3 Å². The van der Waals surface area contributed by atoms with Crippen LogP contribution in [-0.2, 0) is 6.18 Å². The molecule has 0 radical (unpaired) electrons. The maximum Gasteiger partial charge on any atom is 0.451 e. The average Bonchev–Trinajstić information content (AvgIpc) is 3.49. The van der Waals surface area contributed by atoms with Gasteiger partial charge in [0.2, 0.25) is 5.82 Å². The molecule has 37 heavy (non-hydrogen) atoms. The Kier molecular flexibility index (Phi) is 5.79. The molecule has 0 saturated heterocycles. The number of aromatic nitrogens is 7. The van der Waals surface area contributed by atoms with Gasteiger partial charge in [-0.3, -0.25) is 0 Å². The van der Waals surface area contributed by atoms with Crippen LogP contribution in [-0.4, -0.2) is 34.3 Å². The van der Waals surface area contributed by atoms with Crippen molar-refractivity contribution in [3.63, 3.8) is 0 Å². The van der Waals surface area contributed by atoms with Gasteiger partial charge < -0.3 is 5.73 Å². The monoisotopic (exact) mass is 507 g/mol. The van der Waals surface area contributed by atoms with Crippen LogP contribution in [0.5, 0.6) is 0 Å². The number of benzene rings is 1. The van der Waals surface area contributed by atoms with Crippen molar-refractivity contribution in [1.29, 1.82) is 5.26 Å². The Balaban J connectivity index is 1.71. The maximum atomic E-state index is 14.3. The summed E-state index contributed by atoms with van der Waals surface area (Å²) in [5, 5.41) is 18.8. The van der Waals surface area contributed by atoms with Crippen molar-refractivity contribution in [2.75, 3.05) is 5.73 Å². The third-order valence-electron chi connectivity index (χ3n) is 5.94. The second kappa shape index (κ2) is 8.98. The molecule has 0 aliphatic rings. The normalized spacial score (nSPS) is 12.5. The molecule has 1 aromatic carbocycles. The molecule has 0 spiro atoms. The molecule has 0 aliphatic heterocycles. The van der Waals surface area contributed by atoms with E-state index in [-0.39, 0.29) is 33.7 Å². The van der Waals surface area contributed by atoms with Crippen molar-refractivity contribution < 1.29 is 17.6 Å². The summed E-state index contributed by atoms with van der Waals surface area (Å²) in [5.74, 6) is -2.21. The zero-order valence-corrected chi connectivity index (χ0v) is 19.1. The van der Waals surface area contributed by atoms with E-state index in [1.165, 1.54) is 21.6 Å². The number of fused-ring (bicyclic) bond motifs is 1. The van der Waals surface area contributed by atoms with Crippen molar-refractivity contribution in [3.8, 4) is 22.9 Å². The summed E-state index contributed by atoms with van der Waals surface area (Å²) in [6, 6.07) is 8.30. The van der Waals surface area contributed by atoms with Gasteiger partial charge in [-0.1, -0.05) is 19.1 Å². The van der Waals surface area contributed by atoms with Gasteiger partial charge in [0, 0.05) is 35.6 Å². The zero-order chi connectivity index (χ0) is 26.3. The summed E-state index contributed by atoms with van der Waals surface area (Å²) < 4.78 is 56.2. The second-order valence-electron chi connectivity index (χ2n) is 8.08. The van der Waals surface area contributed by atoms with Crippen LogP contribution < -0.4 is 5.73 Å². The highest BCUT2D eigenvalue weighted by Crippen LogP contribution is 2.40. The topological polar surface area (TPSA) is 124 Å². The van der Waals surface area contributed by atoms with Gasteiger partial charge in [-0.25, -0.2) is 28.5 Å². The lowest BCUT2D eigenvalue weighted by atomic mass is 9.91. The smallest absolute Gasteiger partial charge is 0.382 e. The molecule has 2 N–H and O–H groups in total. The molecule has 0 aliphatic carbocycles. The Labute approximate surface area is 206 Å². The Morgan fingerprint density at radius 1 is 1.08 bits per heavy atom. The molecule has 5 aromatic rings. The molecule has 0 bridgehead atoms. The summed E-state index contributed by atoms with van der Waals surface area (Å²) in [6.07, 6.45) is 2.16.